The first-order chi connectivity index (χ1) is 9.83. The van der Waals surface area contributed by atoms with E-state index < -0.39 is 6.09 Å². The van der Waals surface area contributed by atoms with E-state index in [4.69, 9.17) is 4.74 Å². The number of allylic oxidation sites excluding steroid dienone is 1. The van der Waals surface area contributed by atoms with Gasteiger partial charge in [0.25, 0.3) is 0 Å². The van der Waals surface area contributed by atoms with Crippen molar-refractivity contribution in [2.45, 2.75) is 51.9 Å². The molecule has 1 rings (SSSR count). The molecule has 0 saturated heterocycles. The summed E-state index contributed by atoms with van der Waals surface area (Å²) in [5, 5.41) is 2.65. The van der Waals surface area contributed by atoms with E-state index in [1.165, 1.54) is 38.4 Å². The second-order valence-corrected chi connectivity index (χ2v) is 4.82. The molecule has 1 N–H and O–H groups in total. The number of rotatable bonds is 9. The maximum Gasteiger partial charge on any atom is 0.416 e. The molecule has 0 fully saturated rings. The molecule has 1 amide bonds. The lowest BCUT2D eigenvalue weighted by Gasteiger charge is -2.02. The maximum atomic E-state index is 11.4. The molecule has 0 aliphatic heterocycles. The Labute approximate surface area is 122 Å². The van der Waals surface area contributed by atoms with E-state index in [-0.39, 0.29) is 0 Å². The van der Waals surface area contributed by atoms with Crippen molar-refractivity contribution in [3.63, 3.8) is 0 Å². The van der Waals surface area contributed by atoms with E-state index in [0.29, 0.717) is 0 Å². The van der Waals surface area contributed by atoms with Crippen LogP contribution in [-0.4, -0.2) is 6.09 Å². The number of hydrogen-bond donors (Lipinski definition) is 1. The van der Waals surface area contributed by atoms with E-state index in [2.05, 4.69) is 12.2 Å². The number of ether oxygens (including phenoxy) is 1. The SMILES string of the molecule is CCCCCCCCC=COC(=O)Nc1ccccc1. The highest BCUT2D eigenvalue weighted by Crippen LogP contribution is 2.08. The fourth-order valence-electron chi connectivity index (χ4n) is 1.89. The quantitative estimate of drug-likeness (QED) is 0.477. The fourth-order valence-corrected chi connectivity index (χ4v) is 1.89. The average Bonchev–Trinajstić information content (AvgIpc) is 2.46. The first kappa shape index (κ1) is 16.3. The van der Waals surface area contributed by atoms with Crippen molar-refractivity contribution >= 4 is 11.8 Å². The van der Waals surface area contributed by atoms with Gasteiger partial charge in [-0.15, -0.1) is 0 Å². The average molecular weight is 275 g/mol. The number of carbonyl (C=O) groups excluding carboxylic acids is 1. The van der Waals surface area contributed by atoms with Gasteiger partial charge in [-0.05, 0) is 31.1 Å². The Morgan fingerprint density at radius 2 is 1.80 bits per heavy atom. The molecule has 0 atom stereocenters. The highest BCUT2D eigenvalue weighted by atomic mass is 16.5. The van der Waals surface area contributed by atoms with Crippen molar-refractivity contribution in [3.8, 4) is 0 Å². The van der Waals surface area contributed by atoms with Gasteiger partial charge in [0, 0.05) is 5.69 Å². The molecule has 0 aromatic heterocycles. The Hall–Kier alpha value is -1.77. The predicted octanol–water partition coefficient (Wildman–Crippen LogP) is 5.50. The molecule has 0 aliphatic rings. The topological polar surface area (TPSA) is 38.3 Å². The summed E-state index contributed by atoms with van der Waals surface area (Å²) >= 11 is 0. The van der Waals surface area contributed by atoms with Crippen LogP contribution in [0.2, 0.25) is 0 Å². The lowest BCUT2D eigenvalue weighted by atomic mass is 10.1. The third kappa shape index (κ3) is 8.35. The van der Waals surface area contributed by atoms with Crippen molar-refractivity contribution < 1.29 is 9.53 Å². The first-order valence-electron chi connectivity index (χ1n) is 7.50. The Balaban J connectivity index is 2.02. The van der Waals surface area contributed by atoms with Gasteiger partial charge in [0.1, 0.15) is 0 Å². The summed E-state index contributed by atoms with van der Waals surface area (Å²) in [7, 11) is 0. The maximum absolute atomic E-state index is 11.4. The van der Waals surface area contributed by atoms with Crippen LogP contribution in [0.3, 0.4) is 0 Å². The van der Waals surface area contributed by atoms with Crippen LogP contribution in [-0.2, 0) is 4.74 Å². The Morgan fingerprint density at radius 3 is 2.55 bits per heavy atom. The van der Waals surface area contributed by atoms with Crippen LogP contribution in [0.15, 0.2) is 42.7 Å². The minimum Gasteiger partial charge on any atom is -0.418 e. The van der Waals surface area contributed by atoms with Crippen LogP contribution in [0.1, 0.15) is 51.9 Å². The predicted molar refractivity (Wildman–Crippen MR) is 83.7 cm³/mol. The standard InChI is InChI=1S/C17H25NO2/c1-2-3-4-5-6-7-8-12-15-20-17(19)18-16-13-10-9-11-14-16/h9-15H,2-8H2,1H3,(H,18,19). The number of nitrogens with one attached hydrogen (secondary N) is 1. The summed E-state index contributed by atoms with van der Waals surface area (Å²) in [5.74, 6) is 0. The Kier molecular flexibility index (Phi) is 9.03. The van der Waals surface area contributed by atoms with Crippen LogP contribution in [0.4, 0.5) is 10.5 Å². The molecule has 110 valence electrons. The zero-order chi connectivity index (χ0) is 14.5. The lowest BCUT2D eigenvalue weighted by molar-refractivity contribution is 0.200. The van der Waals surface area contributed by atoms with Crippen LogP contribution in [0, 0.1) is 0 Å². The Bertz CT molecular complexity index is 387. The molecule has 0 bridgehead atoms. The molecule has 1 aromatic rings. The molecule has 20 heavy (non-hydrogen) atoms. The van der Waals surface area contributed by atoms with E-state index in [1.807, 2.05) is 36.4 Å². The normalized spacial score (nSPS) is 10.7. The highest BCUT2D eigenvalue weighted by Gasteiger charge is 1.99. The van der Waals surface area contributed by atoms with E-state index in [0.717, 1.165) is 18.5 Å². The van der Waals surface area contributed by atoms with Crippen LogP contribution >= 0.6 is 0 Å². The summed E-state index contributed by atoms with van der Waals surface area (Å²) in [6.07, 6.45) is 11.6. The van der Waals surface area contributed by atoms with Gasteiger partial charge >= 0.3 is 6.09 Å². The van der Waals surface area contributed by atoms with Crippen molar-refractivity contribution in [2.24, 2.45) is 0 Å². The van der Waals surface area contributed by atoms with Gasteiger partial charge < -0.3 is 4.74 Å². The van der Waals surface area contributed by atoms with Gasteiger partial charge in [-0.1, -0.05) is 57.2 Å². The zero-order valence-corrected chi connectivity index (χ0v) is 12.3. The second-order valence-electron chi connectivity index (χ2n) is 4.82. The number of benzene rings is 1. The van der Waals surface area contributed by atoms with Gasteiger partial charge in [-0.2, -0.15) is 0 Å². The molecule has 0 unspecified atom stereocenters. The summed E-state index contributed by atoms with van der Waals surface area (Å²) in [5.41, 5.74) is 0.738. The monoisotopic (exact) mass is 275 g/mol. The fraction of sp³-hybridized carbons (Fsp3) is 0.471. The molecule has 1 aromatic carbocycles. The summed E-state index contributed by atoms with van der Waals surface area (Å²) < 4.78 is 4.96. The van der Waals surface area contributed by atoms with E-state index >= 15 is 0 Å². The highest BCUT2D eigenvalue weighted by molar-refractivity contribution is 5.84. The van der Waals surface area contributed by atoms with Gasteiger partial charge in [-0.3, -0.25) is 5.32 Å². The zero-order valence-electron chi connectivity index (χ0n) is 12.3. The van der Waals surface area contributed by atoms with Crippen LogP contribution in [0.25, 0.3) is 0 Å². The number of para-hydroxylation sites is 1. The van der Waals surface area contributed by atoms with Gasteiger partial charge in [0.05, 0.1) is 6.26 Å². The lowest BCUT2D eigenvalue weighted by Crippen LogP contribution is -2.10. The summed E-state index contributed by atoms with van der Waals surface area (Å²) in [6.45, 7) is 2.22. The molecule has 0 aliphatic carbocycles. The van der Waals surface area contributed by atoms with Crippen molar-refractivity contribution in [1.29, 1.82) is 0 Å². The molecule has 0 saturated carbocycles. The number of amides is 1. The largest absolute Gasteiger partial charge is 0.418 e. The molecule has 0 radical (unpaired) electrons. The number of hydrogen-bond acceptors (Lipinski definition) is 2. The third-order valence-corrected chi connectivity index (χ3v) is 3.02. The molecule has 0 spiro atoms. The molecule has 3 heteroatoms. The Morgan fingerprint density at radius 1 is 1.10 bits per heavy atom. The minimum absolute atomic E-state index is 0.449. The van der Waals surface area contributed by atoms with Gasteiger partial charge in [0.15, 0.2) is 0 Å². The summed E-state index contributed by atoms with van der Waals surface area (Å²) in [6, 6.07) is 9.27. The number of unbranched alkanes of at least 4 members (excludes halogenated alkanes) is 6. The first-order valence-corrected chi connectivity index (χ1v) is 7.50. The minimum atomic E-state index is -0.449. The molecular weight excluding hydrogens is 250 g/mol. The molecular formula is C17H25NO2. The second kappa shape index (κ2) is 11.1. The molecule has 0 heterocycles. The number of anilines is 1. The van der Waals surface area contributed by atoms with Gasteiger partial charge in [-0.25, -0.2) is 4.79 Å². The smallest absolute Gasteiger partial charge is 0.416 e. The van der Waals surface area contributed by atoms with Crippen LogP contribution in [0.5, 0.6) is 0 Å². The van der Waals surface area contributed by atoms with Crippen LogP contribution < -0.4 is 5.32 Å². The van der Waals surface area contributed by atoms with E-state index in [1.54, 1.807) is 0 Å². The van der Waals surface area contributed by atoms with Crippen molar-refractivity contribution in [3.05, 3.63) is 42.7 Å². The van der Waals surface area contributed by atoms with Gasteiger partial charge in [0.2, 0.25) is 0 Å². The van der Waals surface area contributed by atoms with E-state index in [9.17, 15) is 4.79 Å². The van der Waals surface area contributed by atoms with Crippen molar-refractivity contribution in [1.82, 2.24) is 0 Å². The third-order valence-electron chi connectivity index (χ3n) is 3.02. The summed E-state index contributed by atoms with van der Waals surface area (Å²) in [4.78, 5) is 11.4. The number of carbonyl (C=O) groups is 1. The van der Waals surface area contributed by atoms with Crippen molar-refractivity contribution in [2.75, 3.05) is 5.32 Å². The molecule has 3 nitrogen and oxygen atoms in total.